The van der Waals surface area contributed by atoms with Crippen LogP contribution in [-0.2, 0) is 15.5 Å². The van der Waals surface area contributed by atoms with Crippen LogP contribution in [0, 0.1) is 11.8 Å². The molecule has 8 heteroatoms. The molecule has 2 aromatic rings. The summed E-state index contributed by atoms with van der Waals surface area (Å²) < 4.78 is 31.4. The molecule has 7 nitrogen and oxygen atoms in total. The second-order valence-corrected chi connectivity index (χ2v) is 10.6. The lowest BCUT2D eigenvalue weighted by atomic mass is 10.0. The first-order valence-electron chi connectivity index (χ1n) is 10.6. The fourth-order valence-corrected chi connectivity index (χ4v) is 5.57. The summed E-state index contributed by atoms with van der Waals surface area (Å²) in [5.41, 5.74) is 1.39. The summed E-state index contributed by atoms with van der Waals surface area (Å²) in [5.74, 6) is 0.280. The number of phenols is 1. The lowest BCUT2D eigenvalue weighted by Gasteiger charge is -2.32. The van der Waals surface area contributed by atoms with Gasteiger partial charge in [-0.15, -0.1) is 0 Å². The molecule has 1 heterocycles. The highest BCUT2D eigenvalue weighted by atomic mass is 31.2. The topological polar surface area (TPSA) is 89.9 Å². The van der Waals surface area contributed by atoms with Crippen LogP contribution in [0.4, 0.5) is 5.69 Å². The molecule has 0 bridgehead atoms. The van der Waals surface area contributed by atoms with Gasteiger partial charge in [0.1, 0.15) is 11.5 Å². The summed E-state index contributed by atoms with van der Waals surface area (Å²) >= 11 is 0. The molecule has 1 aromatic carbocycles. The zero-order valence-electron chi connectivity index (χ0n) is 19.5. The van der Waals surface area contributed by atoms with Crippen molar-refractivity contribution < 1.29 is 23.5 Å². The van der Waals surface area contributed by atoms with Crippen LogP contribution < -0.4 is 14.6 Å². The molecule has 2 atom stereocenters. The lowest BCUT2D eigenvalue weighted by molar-refractivity contribution is 0.200. The number of hydrogen-bond acceptors (Lipinski definition) is 7. The highest BCUT2D eigenvalue weighted by molar-refractivity contribution is 7.55. The Hall–Kier alpha value is -2.24. The van der Waals surface area contributed by atoms with E-state index >= 15 is 0 Å². The van der Waals surface area contributed by atoms with Crippen molar-refractivity contribution in [3.63, 3.8) is 0 Å². The van der Waals surface area contributed by atoms with Crippen molar-refractivity contribution >= 4 is 13.3 Å². The van der Waals surface area contributed by atoms with E-state index < -0.39 is 13.4 Å². The minimum atomic E-state index is -3.70. The molecule has 1 aromatic heterocycles. The molecule has 0 radical (unpaired) electrons. The standard InChI is InChI=1S/C23H35N2O5P/c1-15(2)11-18-12-20(13-21(28-7)22(18)26)30-31(27,29-17(5)6)23(16(3)4)25-19-9-8-10-24-14-19/h8-10,12-17,23,25-26H,11H2,1-7H3. The molecule has 172 valence electrons. The zero-order valence-corrected chi connectivity index (χ0v) is 20.3. The Morgan fingerprint density at radius 3 is 2.39 bits per heavy atom. The Kier molecular flexibility index (Phi) is 8.78. The van der Waals surface area contributed by atoms with Crippen molar-refractivity contribution in [2.75, 3.05) is 12.4 Å². The largest absolute Gasteiger partial charge is 0.504 e. The molecule has 31 heavy (non-hydrogen) atoms. The number of aromatic hydroxyl groups is 1. The second-order valence-electron chi connectivity index (χ2n) is 8.59. The highest BCUT2D eigenvalue weighted by Gasteiger charge is 2.41. The molecule has 0 saturated carbocycles. The highest BCUT2D eigenvalue weighted by Crippen LogP contribution is 2.57. The summed E-state index contributed by atoms with van der Waals surface area (Å²) in [5, 5.41) is 13.8. The monoisotopic (exact) mass is 450 g/mol. The van der Waals surface area contributed by atoms with Crippen LogP contribution in [0.5, 0.6) is 17.2 Å². The normalized spacial score (nSPS) is 14.5. The van der Waals surface area contributed by atoms with Gasteiger partial charge in [-0.25, -0.2) is 4.57 Å². The number of anilines is 1. The molecule has 0 aliphatic carbocycles. The van der Waals surface area contributed by atoms with Crippen LogP contribution in [0.25, 0.3) is 0 Å². The summed E-state index contributed by atoms with van der Waals surface area (Å²) in [6, 6.07) is 6.90. The average molecular weight is 451 g/mol. The Bertz CT molecular complexity index is 887. The maximum atomic E-state index is 14.1. The number of methoxy groups -OCH3 is 1. The van der Waals surface area contributed by atoms with E-state index in [-0.39, 0.29) is 23.5 Å². The predicted octanol–water partition coefficient (Wildman–Crippen LogP) is 6.09. The number of rotatable bonds is 11. The van der Waals surface area contributed by atoms with E-state index in [0.717, 1.165) is 5.69 Å². The number of hydrogen-bond donors (Lipinski definition) is 2. The number of pyridine rings is 1. The van der Waals surface area contributed by atoms with E-state index in [1.165, 1.54) is 13.2 Å². The van der Waals surface area contributed by atoms with E-state index in [0.29, 0.717) is 23.7 Å². The molecule has 2 unspecified atom stereocenters. The van der Waals surface area contributed by atoms with Crippen molar-refractivity contribution in [2.45, 2.75) is 59.9 Å². The van der Waals surface area contributed by atoms with Crippen molar-refractivity contribution in [2.24, 2.45) is 11.8 Å². The minimum Gasteiger partial charge on any atom is -0.504 e. The Balaban J connectivity index is 2.48. The van der Waals surface area contributed by atoms with Gasteiger partial charge in [0.25, 0.3) is 0 Å². The fourth-order valence-electron chi connectivity index (χ4n) is 3.26. The van der Waals surface area contributed by atoms with Gasteiger partial charge in [-0.05, 0) is 50.3 Å². The summed E-state index contributed by atoms with van der Waals surface area (Å²) in [4.78, 5) is 4.12. The molecule has 0 aliphatic heterocycles. The smallest absolute Gasteiger partial charge is 0.401 e. The molecule has 0 amide bonds. The van der Waals surface area contributed by atoms with E-state index in [9.17, 15) is 9.67 Å². The van der Waals surface area contributed by atoms with Gasteiger partial charge in [0.05, 0.1) is 18.9 Å². The Labute approximate surface area is 185 Å². The van der Waals surface area contributed by atoms with E-state index in [1.54, 1.807) is 24.5 Å². The maximum absolute atomic E-state index is 14.1. The van der Waals surface area contributed by atoms with Gasteiger partial charge in [-0.3, -0.25) is 9.51 Å². The molecular formula is C23H35N2O5P. The number of benzene rings is 1. The minimum absolute atomic E-state index is 0.0667. The zero-order chi connectivity index (χ0) is 23.2. The molecule has 2 rings (SSSR count). The van der Waals surface area contributed by atoms with Crippen molar-refractivity contribution in [1.29, 1.82) is 0 Å². The van der Waals surface area contributed by atoms with E-state index in [2.05, 4.69) is 24.1 Å². The van der Waals surface area contributed by atoms with Crippen LogP contribution in [0.1, 0.15) is 47.1 Å². The Morgan fingerprint density at radius 2 is 1.87 bits per heavy atom. The number of aromatic nitrogens is 1. The van der Waals surface area contributed by atoms with Gasteiger partial charge in [0.15, 0.2) is 11.5 Å². The predicted molar refractivity (Wildman–Crippen MR) is 124 cm³/mol. The van der Waals surface area contributed by atoms with Gasteiger partial charge in [0, 0.05) is 24.0 Å². The van der Waals surface area contributed by atoms with Crippen molar-refractivity contribution in [3.05, 3.63) is 42.2 Å². The van der Waals surface area contributed by atoms with Crippen LogP contribution in [0.15, 0.2) is 36.7 Å². The second kappa shape index (κ2) is 10.9. The van der Waals surface area contributed by atoms with Crippen molar-refractivity contribution in [1.82, 2.24) is 4.98 Å². The molecule has 0 saturated heterocycles. The molecule has 2 N–H and O–H groups in total. The summed E-state index contributed by atoms with van der Waals surface area (Å²) in [7, 11) is -2.23. The number of nitrogens with one attached hydrogen (secondary N) is 1. The van der Waals surface area contributed by atoms with Crippen LogP contribution in [0.2, 0.25) is 0 Å². The number of nitrogens with zero attached hydrogens (tertiary/aromatic N) is 1. The van der Waals surface area contributed by atoms with Gasteiger partial charge >= 0.3 is 7.60 Å². The number of phenolic OH excluding ortho intramolecular Hbond substituents is 1. The maximum Gasteiger partial charge on any atom is 0.401 e. The molecule has 0 spiro atoms. The number of ether oxygens (including phenoxy) is 1. The lowest BCUT2D eigenvalue weighted by Crippen LogP contribution is -2.30. The SMILES string of the molecule is COc1cc(OP(=O)(OC(C)C)C(Nc2cccnc2)C(C)C)cc(CC(C)C)c1O. The van der Waals surface area contributed by atoms with Gasteiger partial charge in [-0.1, -0.05) is 27.7 Å². The first-order valence-corrected chi connectivity index (χ1v) is 12.2. The Morgan fingerprint density at radius 1 is 1.16 bits per heavy atom. The van der Waals surface area contributed by atoms with E-state index in [4.69, 9.17) is 13.8 Å². The average Bonchev–Trinajstić information content (AvgIpc) is 2.67. The fraction of sp³-hybridized carbons (Fsp3) is 0.522. The van der Waals surface area contributed by atoms with Gasteiger partial charge in [0.2, 0.25) is 0 Å². The van der Waals surface area contributed by atoms with Crippen molar-refractivity contribution in [3.8, 4) is 17.2 Å². The van der Waals surface area contributed by atoms with Crippen LogP contribution in [0.3, 0.4) is 0 Å². The third-order valence-corrected chi connectivity index (χ3v) is 7.10. The van der Waals surface area contributed by atoms with Crippen LogP contribution >= 0.6 is 7.60 Å². The quantitative estimate of drug-likeness (QED) is 0.401. The third kappa shape index (κ3) is 6.88. The van der Waals surface area contributed by atoms with Gasteiger partial charge < -0.3 is 19.7 Å². The first-order chi connectivity index (χ1) is 14.6. The van der Waals surface area contributed by atoms with Gasteiger partial charge in [-0.2, -0.15) is 0 Å². The molecular weight excluding hydrogens is 415 g/mol. The third-order valence-electron chi connectivity index (χ3n) is 4.51. The molecule has 0 fully saturated rings. The van der Waals surface area contributed by atoms with E-state index in [1.807, 2.05) is 33.8 Å². The molecule has 0 aliphatic rings. The first kappa shape index (κ1) is 25.0. The summed E-state index contributed by atoms with van der Waals surface area (Å²) in [6.07, 6.45) is 3.64. The van der Waals surface area contributed by atoms with Crippen LogP contribution in [-0.4, -0.2) is 29.1 Å². The summed E-state index contributed by atoms with van der Waals surface area (Å²) in [6.45, 7) is 11.7.